The number of nitrogens with one attached hydrogen (secondary N) is 1. The van der Waals surface area contributed by atoms with Gasteiger partial charge in [-0.3, -0.25) is 0 Å². The third-order valence-electron chi connectivity index (χ3n) is 2.12. The first-order valence-corrected chi connectivity index (χ1v) is 7.31. The number of primary sulfonamides is 1. The van der Waals surface area contributed by atoms with Gasteiger partial charge in [0.05, 0.1) is 11.4 Å². The van der Waals surface area contributed by atoms with Crippen LogP contribution in [0.25, 0.3) is 0 Å². The van der Waals surface area contributed by atoms with Crippen LogP contribution in [0.1, 0.15) is 11.1 Å². The van der Waals surface area contributed by atoms with E-state index in [1.807, 2.05) is 26.0 Å². The Balaban J connectivity index is 2.75. The first kappa shape index (κ1) is 13.5. The summed E-state index contributed by atoms with van der Waals surface area (Å²) >= 11 is 3.44. The van der Waals surface area contributed by atoms with Gasteiger partial charge in [0.25, 0.3) is 0 Å². The number of hydrogen-bond donors (Lipinski definition) is 2. The van der Waals surface area contributed by atoms with Gasteiger partial charge in [0.15, 0.2) is 0 Å². The molecule has 0 aliphatic carbocycles. The Morgan fingerprint density at radius 3 is 2.50 bits per heavy atom. The van der Waals surface area contributed by atoms with Crippen molar-refractivity contribution in [3.63, 3.8) is 0 Å². The molecule has 1 aromatic carbocycles. The fourth-order valence-corrected chi connectivity index (χ4v) is 2.66. The summed E-state index contributed by atoms with van der Waals surface area (Å²) in [6, 6.07) is 4.01. The highest BCUT2D eigenvalue weighted by Crippen LogP contribution is 2.27. The molecule has 0 fully saturated rings. The average Bonchev–Trinajstić information content (AvgIpc) is 2.07. The van der Waals surface area contributed by atoms with Crippen LogP contribution >= 0.6 is 15.9 Å². The fourth-order valence-electron chi connectivity index (χ4n) is 1.46. The van der Waals surface area contributed by atoms with E-state index in [4.69, 9.17) is 5.14 Å². The minimum atomic E-state index is -3.41. The second-order valence-corrected chi connectivity index (χ2v) is 6.32. The molecule has 1 rings (SSSR count). The number of anilines is 1. The monoisotopic (exact) mass is 306 g/mol. The maximum absolute atomic E-state index is 10.8. The van der Waals surface area contributed by atoms with Crippen LogP contribution in [0.4, 0.5) is 5.69 Å². The van der Waals surface area contributed by atoms with Crippen molar-refractivity contribution in [2.24, 2.45) is 5.14 Å². The van der Waals surface area contributed by atoms with Crippen LogP contribution in [0.5, 0.6) is 0 Å². The minimum Gasteiger partial charge on any atom is -0.383 e. The fraction of sp³-hybridized carbons (Fsp3) is 0.400. The summed E-state index contributed by atoms with van der Waals surface area (Å²) in [5.74, 6) is -0.0766. The Kier molecular flexibility index (Phi) is 4.35. The van der Waals surface area contributed by atoms with Gasteiger partial charge in [0.2, 0.25) is 10.0 Å². The lowest BCUT2D eigenvalue weighted by Gasteiger charge is -2.12. The molecular formula is C10H15BrN2O2S. The van der Waals surface area contributed by atoms with E-state index in [1.54, 1.807) is 0 Å². The summed E-state index contributed by atoms with van der Waals surface area (Å²) in [5.41, 5.74) is 3.14. The van der Waals surface area contributed by atoms with Gasteiger partial charge in [-0.1, -0.05) is 6.07 Å². The normalized spacial score (nSPS) is 11.5. The van der Waals surface area contributed by atoms with Crippen LogP contribution < -0.4 is 10.5 Å². The van der Waals surface area contributed by atoms with E-state index in [0.717, 1.165) is 21.3 Å². The molecule has 0 spiro atoms. The summed E-state index contributed by atoms with van der Waals surface area (Å²) in [7, 11) is -3.41. The summed E-state index contributed by atoms with van der Waals surface area (Å²) < 4.78 is 22.5. The molecule has 1 aromatic rings. The zero-order chi connectivity index (χ0) is 12.3. The standard InChI is InChI=1S/C10H15BrN2O2S/c1-7-5-8(2)10(9(11)6-7)13-3-4-16(12,14)15/h5-6,13H,3-4H2,1-2H3,(H2,12,14,15). The lowest BCUT2D eigenvalue weighted by atomic mass is 10.1. The number of benzene rings is 1. The quantitative estimate of drug-likeness (QED) is 0.890. The second-order valence-electron chi connectivity index (χ2n) is 3.73. The third kappa shape index (κ3) is 4.11. The van der Waals surface area contributed by atoms with Crippen molar-refractivity contribution in [2.75, 3.05) is 17.6 Å². The van der Waals surface area contributed by atoms with Crippen molar-refractivity contribution in [1.29, 1.82) is 0 Å². The van der Waals surface area contributed by atoms with Gasteiger partial charge in [-0.15, -0.1) is 0 Å². The topological polar surface area (TPSA) is 72.2 Å². The Morgan fingerprint density at radius 1 is 1.38 bits per heavy atom. The van der Waals surface area contributed by atoms with Crippen LogP contribution in [-0.2, 0) is 10.0 Å². The summed E-state index contributed by atoms with van der Waals surface area (Å²) in [5, 5.41) is 7.98. The predicted octanol–water partition coefficient (Wildman–Crippen LogP) is 1.77. The maximum Gasteiger partial charge on any atom is 0.210 e. The van der Waals surface area contributed by atoms with Gasteiger partial charge < -0.3 is 5.32 Å². The SMILES string of the molecule is Cc1cc(C)c(NCCS(N)(=O)=O)c(Br)c1. The van der Waals surface area contributed by atoms with Gasteiger partial charge >= 0.3 is 0 Å². The van der Waals surface area contributed by atoms with Crippen molar-refractivity contribution >= 4 is 31.6 Å². The van der Waals surface area contributed by atoms with Crippen molar-refractivity contribution in [3.8, 4) is 0 Å². The number of nitrogens with two attached hydrogens (primary N) is 1. The minimum absolute atomic E-state index is 0.0766. The molecule has 0 bridgehead atoms. The molecule has 0 heterocycles. The zero-order valence-electron chi connectivity index (χ0n) is 9.25. The first-order chi connectivity index (χ1) is 7.29. The molecule has 0 aromatic heterocycles. The van der Waals surface area contributed by atoms with Gasteiger partial charge in [-0.05, 0) is 47.0 Å². The number of sulfonamides is 1. The molecule has 0 saturated carbocycles. The molecule has 3 N–H and O–H groups in total. The molecule has 6 heteroatoms. The number of rotatable bonds is 4. The van der Waals surface area contributed by atoms with E-state index < -0.39 is 10.0 Å². The number of halogens is 1. The molecule has 0 radical (unpaired) electrons. The van der Waals surface area contributed by atoms with Crippen molar-refractivity contribution in [3.05, 3.63) is 27.7 Å². The Morgan fingerprint density at radius 2 is 2.00 bits per heavy atom. The van der Waals surface area contributed by atoms with Crippen LogP contribution in [-0.4, -0.2) is 20.7 Å². The zero-order valence-corrected chi connectivity index (χ0v) is 11.7. The van der Waals surface area contributed by atoms with E-state index >= 15 is 0 Å². The van der Waals surface area contributed by atoms with Gasteiger partial charge in [0.1, 0.15) is 0 Å². The van der Waals surface area contributed by atoms with Crippen LogP contribution in [0.3, 0.4) is 0 Å². The molecule has 0 aliphatic rings. The van der Waals surface area contributed by atoms with Crippen molar-refractivity contribution in [1.82, 2.24) is 0 Å². The Labute approximate surface area is 104 Å². The molecule has 90 valence electrons. The molecule has 0 unspecified atom stereocenters. The lowest BCUT2D eigenvalue weighted by Crippen LogP contribution is -2.22. The maximum atomic E-state index is 10.8. The molecular weight excluding hydrogens is 292 g/mol. The molecule has 4 nitrogen and oxygen atoms in total. The third-order valence-corrected chi connectivity index (χ3v) is 3.52. The van der Waals surface area contributed by atoms with Gasteiger partial charge in [0, 0.05) is 11.0 Å². The van der Waals surface area contributed by atoms with E-state index in [-0.39, 0.29) is 5.75 Å². The largest absolute Gasteiger partial charge is 0.383 e. The highest BCUT2D eigenvalue weighted by Gasteiger charge is 2.06. The van der Waals surface area contributed by atoms with Gasteiger partial charge in [-0.25, -0.2) is 13.6 Å². The van der Waals surface area contributed by atoms with E-state index in [2.05, 4.69) is 21.2 Å². The summed E-state index contributed by atoms with van der Waals surface area (Å²) in [6.45, 7) is 4.28. The van der Waals surface area contributed by atoms with Crippen molar-refractivity contribution < 1.29 is 8.42 Å². The number of hydrogen-bond acceptors (Lipinski definition) is 3. The number of aryl methyl sites for hydroxylation is 2. The molecule has 0 aliphatic heterocycles. The smallest absolute Gasteiger partial charge is 0.210 e. The summed E-state index contributed by atoms with van der Waals surface area (Å²) in [6.07, 6.45) is 0. The van der Waals surface area contributed by atoms with E-state index in [9.17, 15) is 8.42 Å². The summed E-state index contributed by atoms with van der Waals surface area (Å²) in [4.78, 5) is 0. The highest BCUT2D eigenvalue weighted by atomic mass is 79.9. The average molecular weight is 307 g/mol. The van der Waals surface area contributed by atoms with E-state index in [0.29, 0.717) is 6.54 Å². The highest BCUT2D eigenvalue weighted by molar-refractivity contribution is 9.10. The van der Waals surface area contributed by atoms with Crippen LogP contribution in [0.2, 0.25) is 0 Å². The lowest BCUT2D eigenvalue weighted by molar-refractivity contribution is 0.598. The molecule has 0 amide bonds. The predicted molar refractivity (Wildman–Crippen MR) is 70.1 cm³/mol. The molecule has 0 saturated heterocycles. The Bertz CT molecular complexity index is 463. The second kappa shape index (κ2) is 5.16. The molecule has 0 atom stereocenters. The van der Waals surface area contributed by atoms with Gasteiger partial charge in [-0.2, -0.15) is 0 Å². The van der Waals surface area contributed by atoms with Crippen molar-refractivity contribution in [2.45, 2.75) is 13.8 Å². The van der Waals surface area contributed by atoms with Crippen LogP contribution in [0.15, 0.2) is 16.6 Å². The van der Waals surface area contributed by atoms with Crippen LogP contribution in [0, 0.1) is 13.8 Å². The molecule has 16 heavy (non-hydrogen) atoms. The Hall–Kier alpha value is -0.590. The van der Waals surface area contributed by atoms with E-state index in [1.165, 1.54) is 0 Å². The first-order valence-electron chi connectivity index (χ1n) is 4.80.